The molecule has 0 saturated carbocycles. The summed E-state index contributed by atoms with van der Waals surface area (Å²) in [5.74, 6) is -0.220. The molecule has 1 heterocycles. The van der Waals surface area contributed by atoms with Gasteiger partial charge in [-0.3, -0.25) is 9.69 Å². The molecule has 1 amide bonds. The monoisotopic (exact) mass is 282 g/mol. The summed E-state index contributed by atoms with van der Waals surface area (Å²) in [5, 5.41) is 17.5. The van der Waals surface area contributed by atoms with Crippen molar-refractivity contribution >= 4 is 5.91 Å². The lowest BCUT2D eigenvalue weighted by Gasteiger charge is -2.28. The molecular weight excluding hydrogens is 268 g/mol. The molecule has 0 radical (unpaired) electrons. The van der Waals surface area contributed by atoms with E-state index >= 15 is 0 Å². The zero-order chi connectivity index (χ0) is 15.2. The Labute approximate surface area is 122 Å². The summed E-state index contributed by atoms with van der Waals surface area (Å²) in [6.07, 6.45) is 2.04. The largest absolute Gasteiger partial charge is 0.392 e. The zero-order valence-corrected chi connectivity index (χ0v) is 11.4. The number of amides is 1. The van der Waals surface area contributed by atoms with Crippen molar-refractivity contribution in [2.45, 2.75) is 13.0 Å². The lowest BCUT2D eigenvalue weighted by atomic mass is 10.1. The maximum atomic E-state index is 11.4. The van der Waals surface area contributed by atoms with Crippen LogP contribution in [0.25, 0.3) is 0 Å². The summed E-state index contributed by atoms with van der Waals surface area (Å²) >= 11 is 0. The van der Waals surface area contributed by atoms with Crippen LogP contribution in [0, 0.1) is 22.8 Å². The molecule has 1 aliphatic rings. The van der Waals surface area contributed by atoms with E-state index in [2.05, 4.69) is 6.07 Å². The molecule has 0 unspecified atom stereocenters. The van der Waals surface area contributed by atoms with Crippen LogP contribution in [0.3, 0.4) is 0 Å². The van der Waals surface area contributed by atoms with E-state index in [9.17, 15) is 4.79 Å². The van der Waals surface area contributed by atoms with Crippen LogP contribution in [0.1, 0.15) is 17.5 Å². The van der Waals surface area contributed by atoms with E-state index in [-0.39, 0.29) is 0 Å². The third kappa shape index (κ3) is 3.59. The molecule has 6 heteroatoms. The van der Waals surface area contributed by atoms with Crippen LogP contribution in [-0.2, 0) is 16.1 Å². The first-order valence-electron chi connectivity index (χ1n) is 6.43. The van der Waals surface area contributed by atoms with Crippen LogP contribution in [0.2, 0.25) is 0 Å². The number of nitrogens with two attached hydrogens (primary N) is 1. The zero-order valence-electron chi connectivity index (χ0n) is 11.4. The van der Waals surface area contributed by atoms with E-state index in [4.69, 9.17) is 21.0 Å². The lowest BCUT2D eigenvalue weighted by molar-refractivity contribution is -0.115. The highest BCUT2D eigenvalue weighted by Crippen LogP contribution is 2.20. The van der Waals surface area contributed by atoms with Crippen LogP contribution in [0.4, 0.5) is 0 Å². The van der Waals surface area contributed by atoms with Gasteiger partial charge in [-0.15, -0.1) is 5.26 Å². The highest BCUT2D eigenvalue weighted by atomic mass is 16.5. The molecule has 0 aliphatic carbocycles. The van der Waals surface area contributed by atoms with Crippen LogP contribution in [-0.4, -0.2) is 23.9 Å². The fourth-order valence-corrected chi connectivity index (χ4v) is 2.32. The quantitative estimate of drug-likeness (QED) is 0.830. The molecule has 0 atom stereocenters. The molecule has 1 aromatic carbocycles. The molecular formula is C15H14N4O2. The predicted octanol–water partition coefficient (Wildman–Crippen LogP) is 1.00. The molecule has 1 aliphatic heterocycles. The van der Waals surface area contributed by atoms with Crippen molar-refractivity contribution in [3.8, 4) is 12.3 Å². The van der Waals surface area contributed by atoms with Crippen molar-refractivity contribution in [2.24, 2.45) is 5.73 Å². The highest BCUT2D eigenvalue weighted by Gasteiger charge is 2.24. The van der Waals surface area contributed by atoms with Crippen molar-refractivity contribution in [1.82, 2.24) is 4.90 Å². The Morgan fingerprint density at radius 1 is 1.43 bits per heavy atom. The molecule has 6 nitrogen and oxygen atoms in total. The molecule has 2 N–H and O–H groups in total. The maximum absolute atomic E-state index is 11.4. The average molecular weight is 282 g/mol. The Morgan fingerprint density at radius 2 is 2.24 bits per heavy atom. The minimum Gasteiger partial charge on any atom is -0.392 e. The van der Waals surface area contributed by atoms with Crippen LogP contribution >= 0.6 is 0 Å². The van der Waals surface area contributed by atoms with Crippen LogP contribution in [0.5, 0.6) is 0 Å². The predicted molar refractivity (Wildman–Crippen MR) is 74.0 cm³/mol. The Bertz CT molecular complexity index is 667. The van der Waals surface area contributed by atoms with Gasteiger partial charge in [-0.2, -0.15) is 5.26 Å². The fraction of sp³-hybridized carbons (Fsp3) is 0.267. The van der Waals surface area contributed by atoms with Crippen LogP contribution < -0.4 is 5.73 Å². The standard InChI is InChI=1S/C15H14N4O2/c16-7-11-2-1-3-12(6-11)8-19-5-4-14(21-10-17)13(9-19)15(18)20/h1-3,6H,4-5,8-9H2,(H2,18,20). The van der Waals surface area contributed by atoms with Gasteiger partial charge in [-0.1, -0.05) is 12.1 Å². The number of hydrogen-bond acceptors (Lipinski definition) is 5. The topological polar surface area (TPSA) is 103 Å². The van der Waals surface area contributed by atoms with Crippen molar-refractivity contribution in [3.63, 3.8) is 0 Å². The normalized spacial score (nSPS) is 15.1. The summed E-state index contributed by atoms with van der Waals surface area (Å²) < 4.78 is 4.81. The number of carbonyl (C=O) groups excluding carboxylic acids is 1. The van der Waals surface area contributed by atoms with Crippen molar-refractivity contribution < 1.29 is 9.53 Å². The van der Waals surface area contributed by atoms with Gasteiger partial charge in [-0.25, -0.2) is 0 Å². The number of primary amides is 1. The second-order valence-electron chi connectivity index (χ2n) is 4.73. The van der Waals surface area contributed by atoms with Gasteiger partial charge in [0.25, 0.3) is 6.26 Å². The molecule has 0 bridgehead atoms. The number of nitriles is 2. The van der Waals surface area contributed by atoms with Gasteiger partial charge < -0.3 is 10.5 Å². The van der Waals surface area contributed by atoms with E-state index in [0.717, 1.165) is 5.56 Å². The first-order chi connectivity index (χ1) is 10.1. The SMILES string of the molecule is N#COC1=C(C(N)=O)CN(Cc2cccc(C#N)c2)CC1. The molecule has 0 fully saturated rings. The second-order valence-corrected chi connectivity index (χ2v) is 4.73. The number of benzene rings is 1. The molecule has 0 aromatic heterocycles. The lowest BCUT2D eigenvalue weighted by Crippen LogP contribution is -2.36. The number of ether oxygens (including phenoxy) is 1. The highest BCUT2D eigenvalue weighted by molar-refractivity contribution is 5.93. The minimum absolute atomic E-state index is 0.333. The van der Waals surface area contributed by atoms with Gasteiger partial charge in [0.1, 0.15) is 5.76 Å². The minimum atomic E-state index is -0.573. The molecule has 2 rings (SSSR count). The first kappa shape index (κ1) is 14.6. The number of nitrogens with zero attached hydrogens (tertiary/aromatic N) is 3. The van der Waals surface area contributed by atoms with Gasteiger partial charge >= 0.3 is 0 Å². The third-order valence-corrected chi connectivity index (χ3v) is 3.30. The molecule has 21 heavy (non-hydrogen) atoms. The molecule has 0 saturated heterocycles. The van der Waals surface area contributed by atoms with E-state index in [1.165, 1.54) is 0 Å². The molecule has 106 valence electrons. The third-order valence-electron chi connectivity index (χ3n) is 3.30. The number of hydrogen-bond donors (Lipinski definition) is 1. The van der Waals surface area contributed by atoms with Crippen LogP contribution in [0.15, 0.2) is 35.6 Å². The maximum Gasteiger partial charge on any atom is 0.291 e. The van der Waals surface area contributed by atoms with Gasteiger partial charge in [-0.05, 0) is 17.7 Å². The summed E-state index contributed by atoms with van der Waals surface area (Å²) in [4.78, 5) is 13.5. The summed E-state index contributed by atoms with van der Waals surface area (Å²) in [7, 11) is 0. The summed E-state index contributed by atoms with van der Waals surface area (Å²) in [6, 6.07) is 9.41. The van der Waals surface area contributed by atoms with Gasteiger partial charge in [0, 0.05) is 26.1 Å². The number of carbonyl (C=O) groups is 1. The van der Waals surface area contributed by atoms with E-state index in [1.54, 1.807) is 12.3 Å². The first-order valence-corrected chi connectivity index (χ1v) is 6.43. The Balaban J connectivity index is 2.12. The van der Waals surface area contributed by atoms with E-state index < -0.39 is 5.91 Å². The second kappa shape index (κ2) is 6.56. The Morgan fingerprint density at radius 3 is 2.90 bits per heavy atom. The summed E-state index contributed by atoms with van der Waals surface area (Å²) in [5.41, 5.74) is 7.25. The van der Waals surface area contributed by atoms with Crippen molar-refractivity contribution in [3.05, 3.63) is 46.7 Å². The smallest absolute Gasteiger partial charge is 0.291 e. The molecule has 0 spiro atoms. The summed E-state index contributed by atoms with van der Waals surface area (Å²) in [6.45, 7) is 1.60. The van der Waals surface area contributed by atoms with Gasteiger partial charge in [0.2, 0.25) is 5.91 Å². The van der Waals surface area contributed by atoms with E-state index in [1.807, 2.05) is 23.1 Å². The van der Waals surface area contributed by atoms with Crippen molar-refractivity contribution in [2.75, 3.05) is 13.1 Å². The number of rotatable bonds is 4. The average Bonchev–Trinajstić information content (AvgIpc) is 2.49. The fourth-order valence-electron chi connectivity index (χ4n) is 2.32. The van der Waals surface area contributed by atoms with Gasteiger partial charge in [0.15, 0.2) is 0 Å². The van der Waals surface area contributed by atoms with Gasteiger partial charge in [0.05, 0.1) is 17.2 Å². The van der Waals surface area contributed by atoms with Crippen molar-refractivity contribution in [1.29, 1.82) is 10.5 Å². The van der Waals surface area contributed by atoms with E-state index in [0.29, 0.717) is 43.0 Å². The Kier molecular flexibility index (Phi) is 4.55. The Hall–Kier alpha value is -2.83. The molecule has 1 aromatic rings.